The van der Waals surface area contributed by atoms with Crippen LogP contribution in [-0.4, -0.2) is 65.1 Å². The Bertz CT molecular complexity index is 131. The van der Waals surface area contributed by atoms with Gasteiger partial charge in [0.25, 0.3) is 0 Å². The van der Waals surface area contributed by atoms with E-state index in [0.717, 1.165) is 0 Å². The van der Waals surface area contributed by atoms with Crippen molar-refractivity contribution in [1.29, 1.82) is 0 Å². The van der Waals surface area contributed by atoms with Crippen LogP contribution in [0.15, 0.2) is 0 Å². The molecule has 2 atom stereocenters. The molecule has 0 aliphatic carbocycles. The fourth-order valence-electron chi connectivity index (χ4n) is 1.25. The molecule has 0 fully saturated rings. The summed E-state index contributed by atoms with van der Waals surface area (Å²) in [7, 11) is 4.83. The maximum atomic E-state index is 8.83. The molecule has 0 radical (unpaired) electrons. The van der Waals surface area contributed by atoms with Crippen LogP contribution >= 0.6 is 0 Å². The van der Waals surface area contributed by atoms with Gasteiger partial charge in [-0.2, -0.15) is 0 Å². The summed E-state index contributed by atoms with van der Waals surface area (Å²) in [6, 6.07) is 0. The Morgan fingerprint density at radius 3 is 2.13 bits per heavy atom. The summed E-state index contributed by atoms with van der Waals surface area (Å²) in [4.78, 5) is 0. The van der Waals surface area contributed by atoms with E-state index in [4.69, 9.17) is 24.1 Å². The Morgan fingerprint density at radius 2 is 1.67 bits per heavy atom. The third kappa shape index (κ3) is 6.81. The van der Waals surface area contributed by atoms with Crippen LogP contribution in [-0.2, 0) is 18.9 Å². The lowest BCUT2D eigenvalue weighted by Crippen LogP contribution is -2.35. The number of hydrogen-bond donors (Lipinski definition) is 1. The van der Waals surface area contributed by atoms with Crippen LogP contribution in [0, 0.1) is 0 Å². The van der Waals surface area contributed by atoms with Gasteiger partial charge in [0, 0.05) is 27.9 Å². The van der Waals surface area contributed by atoms with Crippen molar-refractivity contribution >= 4 is 0 Å². The molecule has 0 aromatic rings. The van der Waals surface area contributed by atoms with Crippen molar-refractivity contribution in [3.8, 4) is 0 Å². The molecule has 5 heteroatoms. The van der Waals surface area contributed by atoms with Gasteiger partial charge in [0.05, 0.1) is 25.9 Å². The van der Waals surface area contributed by atoms with Crippen LogP contribution in [0.2, 0.25) is 0 Å². The molecule has 0 rings (SSSR count). The maximum absolute atomic E-state index is 8.83. The smallest absolute Gasteiger partial charge is 0.107 e. The topological polar surface area (TPSA) is 57.2 Å². The highest BCUT2D eigenvalue weighted by Crippen LogP contribution is 2.07. The van der Waals surface area contributed by atoms with E-state index in [-0.39, 0.29) is 18.8 Å². The van der Waals surface area contributed by atoms with Gasteiger partial charge in [0.1, 0.15) is 6.10 Å². The number of hydrogen-bond acceptors (Lipinski definition) is 5. The first-order valence-corrected chi connectivity index (χ1v) is 5.03. The highest BCUT2D eigenvalue weighted by Gasteiger charge is 2.20. The van der Waals surface area contributed by atoms with Gasteiger partial charge in [0.2, 0.25) is 0 Å². The summed E-state index contributed by atoms with van der Waals surface area (Å²) in [5, 5.41) is 8.83. The van der Waals surface area contributed by atoms with E-state index in [2.05, 4.69) is 0 Å². The molecule has 0 bridgehead atoms. The lowest BCUT2D eigenvalue weighted by molar-refractivity contribution is -0.0855. The van der Waals surface area contributed by atoms with E-state index < -0.39 is 0 Å². The molecule has 0 spiro atoms. The molecule has 0 aromatic heterocycles. The molecule has 15 heavy (non-hydrogen) atoms. The van der Waals surface area contributed by atoms with Crippen molar-refractivity contribution in [1.82, 2.24) is 0 Å². The third-order valence-electron chi connectivity index (χ3n) is 2.15. The molecule has 92 valence electrons. The minimum absolute atomic E-state index is 0.0798. The largest absolute Gasteiger partial charge is 0.396 e. The average molecular weight is 222 g/mol. The Kier molecular flexibility index (Phi) is 10.2. The predicted octanol–water partition coefficient (Wildman–Crippen LogP) is 0.0618. The van der Waals surface area contributed by atoms with Crippen LogP contribution < -0.4 is 0 Å². The third-order valence-corrected chi connectivity index (χ3v) is 2.15. The molecule has 0 amide bonds. The fraction of sp³-hybridized carbons (Fsp3) is 1.00. The first-order chi connectivity index (χ1) is 7.29. The molecule has 0 heterocycles. The van der Waals surface area contributed by atoms with Gasteiger partial charge in [-0.05, 0) is 6.42 Å². The summed E-state index contributed by atoms with van der Waals surface area (Å²) in [6.07, 6.45) is 0.254. The van der Waals surface area contributed by atoms with Gasteiger partial charge in [-0.15, -0.1) is 0 Å². The molecule has 0 saturated carbocycles. The van der Waals surface area contributed by atoms with Crippen molar-refractivity contribution in [2.24, 2.45) is 0 Å². The van der Waals surface area contributed by atoms with Crippen LogP contribution in [0.5, 0.6) is 0 Å². The van der Waals surface area contributed by atoms with Crippen molar-refractivity contribution < 1.29 is 24.1 Å². The van der Waals surface area contributed by atoms with Crippen molar-refractivity contribution in [2.45, 2.75) is 18.6 Å². The second-order valence-corrected chi connectivity index (χ2v) is 3.13. The Morgan fingerprint density at radius 1 is 1.00 bits per heavy atom. The van der Waals surface area contributed by atoms with Crippen LogP contribution in [0.25, 0.3) is 0 Å². The maximum Gasteiger partial charge on any atom is 0.107 e. The summed E-state index contributed by atoms with van der Waals surface area (Å²) in [5.74, 6) is 0. The van der Waals surface area contributed by atoms with E-state index in [0.29, 0.717) is 26.2 Å². The Labute approximate surface area is 91.3 Å². The molecule has 5 nitrogen and oxygen atoms in total. The zero-order valence-electron chi connectivity index (χ0n) is 9.77. The molecule has 0 aliphatic rings. The van der Waals surface area contributed by atoms with E-state index in [9.17, 15) is 0 Å². The molecular weight excluding hydrogens is 200 g/mol. The lowest BCUT2D eigenvalue weighted by atomic mass is 10.1. The quantitative estimate of drug-likeness (QED) is 0.530. The number of aliphatic hydroxyl groups excluding tert-OH is 1. The fourth-order valence-corrected chi connectivity index (χ4v) is 1.25. The summed E-state index contributed by atoms with van der Waals surface area (Å²) in [6.45, 7) is 1.62. The van der Waals surface area contributed by atoms with Gasteiger partial charge in [-0.25, -0.2) is 0 Å². The van der Waals surface area contributed by atoms with E-state index in [1.165, 1.54) is 0 Å². The Hall–Kier alpha value is -0.200. The van der Waals surface area contributed by atoms with Crippen molar-refractivity contribution in [3.05, 3.63) is 0 Å². The van der Waals surface area contributed by atoms with Gasteiger partial charge in [0.15, 0.2) is 0 Å². The number of methoxy groups -OCH3 is 3. The van der Waals surface area contributed by atoms with Crippen LogP contribution in [0.3, 0.4) is 0 Å². The first-order valence-electron chi connectivity index (χ1n) is 5.03. The standard InChI is InChI=1S/C10H22O5/c1-12-6-7-15-8-10(14-3)9(13-2)4-5-11/h9-11H,4-8H2,1-3H3. The van der Waals surface area contributed by atoms with Crippen LogP contribution in [0.4, 0.5) is 0 Å². The minimum Gasteiger partial charge on any atom is -0.396 e. The first kappa shape index (κ1) is 14.8. The summed E-state index contributed by atoms with van der Waals surface area (Å²) >= 11 is 0. The average Bonchev–Trinajstić information content (AvgIpc) is 2.27. The normalized spacial score (nSPS) is 15.2. The SMILES string of the molecule is COCCOCC(OC)C(CCO)OC. The number of ether oxygens (including phenoxy) is 4. The highest BCUT2D eigenvalue weighted by atomic mass is 16.6. The van der Waals surface area contributed by atoms with Crippen molar-refractivity contribution in [2.75, 3.05) is 47.8 Å². The van der Waals surface area contributed by atoms with Crippen molar-refractivity contribution in [3.63, 3.8) is 0 Å². The molecule has 0 aromatic carbocycles. The van der Waals surface area contributed by atoms with Gasteiger partial charge in [-0.3, -0.25) is 0 Å². The number of rotatable bonds is 10. The predicted molar refractivity (Wildman–Crippen MR) is 56.0 cm³/mol. The zero-order chi connectivity index (χ0) is 11.5. The van der Waals surface area contributed by atoms with Gasteiger partial charge in [-0.1, -0.05) is 0 Å². The van der Waals surface area contributed by atoms with Crippen LogP contribution in [0.1, 0.15) is 6.42 Å². The van der Waals surface area contributed by atoms with E-state index in [1.54, 1.807) is 21.3 Å². The molecule has 2 unspecified atom stereocenters. The monoisotopic (exact) mass is 222 g/mol. The van der Waals surface area contributed by atoms with Gasteiger partial charge < -0.3 is 24.1 Å². The second kappa shape index (κ2) is 10.3. The zero-order valence-corrected chi connectivity index (χ0v) is 9.77. The summed E-state index contributed by atoms with van der Waals surface area (Å²) < 4.78 is 20.6. The number of aliphatic hydroxyl groups is 1. The van der Waals surface area contributed by atoms with E-state index in [1.807, 2.05) is 0 Å². The molecule has 0 aliphatic heterocycles. The molecule has 0 saturated heterocycles. The summed E-state index contributed by atoms with van der Waals surface area (Å²) in [5.41, 5.74) is 0. The highest BCUT2D eigenvalue weighted by molar-refractivity contribution is 4.69. The Balaban J connectivity index is 3.76. The van der Waals surface area contributed by atoms with E-state index >= 15 is 0 Å². The minimum atomic E-state index is -0.154. The lowest BCUT2D eigenvalue weighted by Gasteiger charge is -2.24. The second-order valence-electron chi connectivity index (χ2n) is 3.13. The molecule has 1 N–H and O–H groups in total. The molecular formula is C10H22O5. The van der Waals surface area contributed by atoms with Gasteiger partial charge >= 0.3 is 0 Å².